The second-order valence-corrected chi connectivity index (χ2v) is 6.67. The van der Waals surface area contributed by atoms with Gasteiger partial charge in [0.15, 0.2) is 5.82 Å². The van der Waals surface area contributed by atoms with Crippen molar-refractivity contribution in [3.05, 3.63) is 41.2 Å². The molecule has 0 spiro atoms. The number of nitrogens with one attached hydrogen (secondary N) is 2. The molecule has 1 aromatic carbocycles. The Balaban J connectivity index is 1.74. The van der Waals surface area contributed by atoms with E-state index in [2.05, 4.69) is 25.3 Å². The zero-order valence-electron chi connectivity index (χ0n) is 11.5. The molecule has 1 aliphatic heterocycles. The third-order valence-electron chi connectivity index (χ3n) is 3.51. The van der Waals surface area contributed by atoms with Gasteiger partial charge < -0.3 is 0 Å². The van der Waals surface area contributed by atoms with Crippen LogP contribution in [0.5, 0.6) is 0 Å². The Morgan fingerprint density at radius 3 is 2.81 bits per heavy atom. The second kappa shape index (κ2) is 5.51. The van der Waals surface area contributed by atoms with Gasteiger partial charge in [-0.2, -0.15) is 22.7 Å². The van der Waals surface area contributed by atoms with E-state index >= 15 is 0 Å². The van der Waals surface area contributed by atoms with Crippen molar-refractivity contribution in [3.8, 4) is 0 Å². The maximum absolute atomic E-state index is 12.4. The van der Waals surface area contributed by atoms with Crippen molar-refractivity contribution in [2.45, 2.75) is 25.9 Å². The molecule has 8 nitrogen and oxygen atoms in total. The Bertz CT molecular complexity index is 715. The predicted octanol–water partition coefficient (Wildman–Crippen LogP) is 0.153. The molecule has 0 fully saturated rings. The summed E-state index contributed by atoms with van der Waals surface area (Å²) in [4.78, 5) is 0. The molecule has 0 bridgehead atoms. The Labute approximate surface area is 122 Å². The molecule has 9 heteroatoms. The van der Waals surface area contributed by atoms with E-state index < -0.39 is 16.3 Å². The molecule has 2 heterocycles. The van der Waals surface area contributed by atoms with Gasteiger partial charge >= 0.3 is 0 Å². The van der Waals surface area contributed by atoms with Crippen LogP contribution in [0, 0.1) is 0 Å². The highest BCUT2D eigenvalue weighted by molar-refractivity contribution is 7.87. The van der Waals surface area contributed by atoms with Crippen molar-refractivity contribution in [3.63, 3.8) is 0 Å². The summed E-state index contributed by atoms with van der Waals surface area (Å²) in [6, 6.07) is 7.35. The zero-order chi connectivity index (χ0) is 14.9. The molecule has 1 aliphatic rings. The van der Waals surface area contributed by atoms with Gasteiger partial charge in [-0.1, -0.05) is 29.5 Å². The Morgan fingerprint density at radius 2 is 2.10 bits per heavy atom. The lowest BCUT2D eigenvalue weighted by Gasteiger charge is -2.28. The third-order valence-corrected chi connectivity index (χ3v) is 5.15. The molecule has 0 radical (unpaired) electrons. The first-order valence-electron chi connectivity index (χ1n) is 6.64. The van der Waals surface area contributed by atoms with Crippen LogP contribution in [-0.4, -0.2) is 39.9 Å². The third kappa shape index (κ3) is 2.94. The van der Waals surface area contributed by atoms with E-state index in [1.807, 2.05) is 24.3 Å². The molecule has 2 N–H and O–H groups in total. The molecule has 0 saturated carbocycles. The number of fused-ring (bicyclic) bond motifs is 1. The number of rotatable bonds is 4. The van der Waals surface area contributed by atoms with Crippen molar-refractivity contribution >= 4 is 10.2 Å². The lowest BCUT2D eigenvalue weighted by atomic mass is 10.0. The maximum atomic E-state index is 12.4. The summed E-state index contributed by atoms with van der Waals surface area (Å²) >= 11 is 0. The normalized spacial score (nSPS) is 17.4. The number of H-pyrrole nitrogens is 1. The number of benzene rings is 1. The van der Waals surface area contributed by atoms with Crippen LogP contribution in [0.15, 0.2) is 24.3 Å². The van der Waals surface area contributed by atoms with E-state index in [0.29, 0.717) is 25.3 Å². The highest BCUT2D eigenvalue weighted by atomic mass is 32.2. The Kier molecular flexibility index (Phi) is 3.70. The molecule has 2 aromatic rings. The fourth-order valence-corrected chi connectivity index (χ4v) is 3.72. The molecule has 1 atom stereocenters. The van der Waals surface area contributed by atoms with Crippen LogP contribution in [0.2, 0.25) is 0 Å². The van der Waals surface area contributed by atoms with E-state index in [-0.39, 0.29) is 0 Å². The first-order valence-corrected chi connectivity index (χ1v) is 8.08. The quantitative estimate of drug-likeness (QED) is 0.837. The minimum absolute atomic E-state index is 0.316. The van der Waals surface area contributed by atoms with Crippen LogP contribution in [-0.2, 0) is 23.2 Å². The van der Waals surface area contributed by atoms with Gasteiger partial charge in [-0.05, 0) is 24.5 Å². The lowest BCUT2D eigenvalue weighted by Crippen LogP contribution is -2.44. The largest absolute Gasteiger partial charge is 0.280 e. The van der Waals surface area contributed by atoms with Gasteiger partial charge in [-0.3, -0.25) is 0 Å². The summed E-state index contributed by atoms with van der Waals surface area (Å²) in [5.74, 6) is 0.316. The maximum Gasteiger partial charge on any atom is 0.280 e. The summed E-state index contributed by atoms with van der Waals surface area (Å²) in [5, 5.41) is 13.3. The van der Waals surface area contributed by atoms with Gasteiger partial charge in [0.25, 0.3) is 10.2 Å². The van der Waals surface area contributed by atoms with Crippen LogP contribution in [0.25, 0.3) is 0 Å². The highest BCUT2D eigenvalue weighted by Gasteiger charge is 2.28. The number of nitrogens with zero attached hydrogens (tertiary/aromatic N) is 4. The van der Waals surface area contributed by atoms with E-state index in [1.54, 1.807) is 6.92 Å². The van der Waals surface area contributed by atoms with Crippen LogP contribution < -0.4 is 4.72 Å². The zero-order valence-corrected chi connectivity index (χ0v) is 12.3. The first kappa shape index (κ1) is 14.1. The average molecular weight is 308 g/mol. The van der Waals surface area contributed by atoms with E-state index in [9.17, 15) is 8.42 Å². The predicted molar refractivity (Wildman–Crippen MR) is 75.2 cm³/mol. The van der Waals surface area contributed by atoms with Crippen molar-refractivity contribution in [1.29, 1.82) is 0 Å². The van der Waals surface area contributed by atoms with Gasteiger partial charge in [0.2, 0.25) is 0 Å². The number of hydrogen-bond acceptors (Lipinski definition) is 5. The summed E-state index contributed by atoms with van der Waals surface area (Å²) in [7, 11) is -3.59. The van der Waals surface area contributed by atoms with Crippen LogP contribution in [0.4, 0.5) is 0 Å². The topological polar surface area (TPSA) is 104 Å². The number of hydrogen-bond donors (Lipinski definition) is 2. The summed E-state index contributed by atoms with van der Waals surface area (Å²) in [6.07, 6.45) is 0.716. The van der Waals surface area contributed by atoms with Gasteiger partial charge in [-0.15, -0.1) is 10.2 Å². The van der Waals surface area contributed by atoms with Gasteiger partial charge in [0.1, 0.15) is 0 Å². The lowest BCUT2D eigenvalue weighted by molar-refractivity contribution is 0.379. The van der Waals surface area contributed by atoms with E-state index in [0.717, 1.165) is 5.56 Å². The van der Waals surface area contributed by atoms with Gasteiger partial charge in [-0.25, -0.2) is 0 Å². The van der Waals surface area contributed by atoms with Gasteiger partial charge in [0.05, 0.1) is 6.04 Å². The van der Waals surface area contributed by atoms with Crippen LogP contribution in [0.3, 0.4) is 0 Å². The number of tetrazole rings is 1. The second-order valence-electron chi connectivity index (χ2n) is 4.97. The molecule has 0 amide bonds. The summed E-state index contributed by atoms with van der Waals surface area (Å²) < 4.78 is 28.9. The Hall–Kier alpha value is -1.84. The molecule has 1 unspecified atom stereocenters. The van der Waals surface area contributed by atoms with Crippen molar-refractivity contribution in [2.24, 2.45) is 0 Å². The Morgan fingerprint density at radius 1 is 1.33 bits per heavy atom. The van der Waals surface area contributed by atoms with Crippen LogP contribution >= 0.6 is 0 Å². The molecule has 3 rings (SSSR count). The molecule has 0 aliphatic carbocycles. The van der Waals surface area contributed by atoms with Crippen molar-refractivity contribution < 1.29 is 8.42 Å². The standard InChI is InChI=1S/C12H16N6O2S/c1-9(12-13-16-17-14-12)15-21(19,20)18-7-6-10-4-2-3-5-11(10)8-18/h2-5,9,15H,6-8H2,1H3,(H,13,14,16,17). The van der Waals surface area contributed by atoms with E-state index in [1.165, 1.54) is 9.87 Å². The first-order chi connectivity index (χ1) is 10.1. The highest BCUT2D eigenvalue weighted by Crippen LogP contribution is 2.21. The van der Waals surface area contributed by atoms with Crippen molar-refractivity contribution in [2.75, 3.05) is 6.54 Å². The number of aromatic nitrogens is 4. The minimum Gasteiger partial charge on any atom is -0.195 e. The fourth-order valence-electron chi connectivity index (χ4n) is 2.38. The monoisotopic (exact) mass is 308 g/mol. The number of aromatic amines is 1. The van der Waals surface area contributed by atoms with Gasteiger partial charge in [0, 0.05) is 13.1 Å². The summed E-state index contributed by atoms with van der Waals surface area (Å²) in [6.45, 7) is 2.52. The van der Waals surface area contributed by atoms with Crippen LogP contribution in [0.1, 0.15) is 29.9 Å². The average Bonchev–Trinajstić information content (AvgIpc) is 3.00. The molecule has 21 heavy (non-hydrogen) atoms. The fraction of sp³-hybridized carbons (Fsp3) is 0.417. The molecule has 0 saturated heterocycles. The van der Waals surface area contributed by atoms with Crippen molar-refractivity contribution in [1.82, 2.24) is 29.7 Å². The minimum atomic E-state index is -3.59. The molecule has 1 aromatic heterocycles. The molecule has 112 valence electrons. The molecular formula is C12H16N6O2S. The smallest absolute Gasteiger partial charge is 0.195 e. The van der Waals surface area contributed by atoms with E-state index in [4.69, 9.17) is 0 Å². The molecular weight excluding hydrogens is 292 g/mol. The summed E-state index contributed by atoms with van der Waals surface area (Å²) in [5.41, 5.74) is 2.25. The SMILES string of the molecule is CC(NS(=O)(=O)N1CCc2ccccc2C1)c1nn[nH]n1.